The molecule has 3 aromatic rings. The van der Waals surface area contributed by atoms with Gasteiger partial charge in [0.1, 0.15) is 23.4 Å². The molecule has 4 rings (SSSR count). The molecule has 2 N–H and O–H groups in total. The average Bonchev–Trinajstić information content (AvgIpc) is 2.87. The van der Waals surface area contributed by atoms with E-state index in [0.717, 1.165) is 24.2 Å². The van der Waals surface area contributed by atoms with Crippen LogP contribution in [0.4, 0.5) is 0 Å². The van der Waals surface area contributed by atoms with Crippen molar-refractivity contribution in [3.8, 4) is 5.75 Å². The van der Waals surface area contributed by atoms with Gasteiger partial charge in [-0.15, -0.1) is 0 Å². The highest BCUT2D eigenvalue weighted by atomic mass is 16.5. The fourth-order valence-electron chi connectivity index (χ4n) is 5.99. The number of benzene rings is 3. The Morgan fingerprint density at radius 3 is 2.12 bits per heavy atom. The van der Waals surface area contributed by atoms with Gasteiger partial charge in [-0.1, -0.05) is 105 Å². The minimum absolute atomic E-state index is 0.0858. The van der Waals surface area contributed by atoms with Gasteiger partial charge in [0.15, 0.2) is 0 Å². The van der Waals surface area contributed by atoms with Gasteiger partial charge in [-0.05, 0) is 12.5 Å². The molecule has 1 saturated heterocycles. The van der Waals surface area contributed by atoms with Crippen molar-refractivity contribution in [2.45, 2.75) is 56.7 Å². The van der Waals surface area contributed by atoms with Gasteiger partial charge in [0.05, 0.1) is 14.2 Å². The maximum Gasteiger partial charge on any atom is 0.124 e. The molecule has 0 radical (unpaired) electrons. The number of hydrogen-bond donors (Lipinski definition) is 2. The lowest BCUT2D eigenvalue weighted by Gasteiger charge is -2.51. The predicted molar refractivity (Wildman–Crippen MR) is 134 cm³/mol. The van der Waals surface area contributed by atoms with E-state index >= 15 is 0 Å². The van der Waals surface area contributed by atoms with E-state index in [0.29, 0.717) is 6.42 Å². The second kappa shape index (κ2) is 10.5. The molecule has 0 amide bonds. The molecule has 1 aliphatic heterocycles. The van der Waals surface area contributed by atoms with Crippen LogP contribution in [0.25, 0.3) is 0 Å². The van der Waals surface area contributed by atoms with Crippen LogP contribution < -0.4 is 9.64 Å². The van der Waals surface area contributed by atoms with Crippen LogP contribution in [-0.2, 0) is 5.60 Å². The lowest BCUT2D eigenvalue weighted by molar-refractivity contribution is -0.958. The molecule has 174 valence electrons. The average molecular weight is 445 g/mol. The maximum atomic E-state index is 12.7. The molecule has 3 nitrogen and oxygen atoms in total. The third-order valence-corrected chi connectivity index (χ3v) is 7.62. The molecule has 5 atom stereocenters. The first kappa shape index (κ1) is 23.5. The molecule has 1 heterocycles. The SMILES string of the molecule is CCCCC[C@H]1[C@H](c2ccccc2)[NH+](C)[C@H](c2ccccc2)C[C@]1(O)c1ccccc1OC. The summed E-state index contributed by atoms with van der Waals surface area (Å²) in [6.07, 6.45) is 5.13. The normalized spacial score (nSPS) is 27.3. The summed E-state index contributed by atoms with van der Waals surface area (Å²) in [5.74, 6) is 0.862. The molecule has 0 aliphatic carbocycles. The van der Waals surface area contributed by atoms with E-state index < -0.39 is 5.60 Å². The highest BCUT2D eigenvalue weighted by molar-refractivity contribution is 5.40. The number of nitrogens with one attached hydrogen (secondary N) is 1. The largest absolute Gasteiger partial charge is 0.496 e. The fraction of sp³-hybridized carbons (Fsp3) is 0.400. The van der Waals surface area contributed by atoms with Gasteiger partial charge in [0.2, 0.25) is 0 Å². The third kappa shape index (κ3) is 4.71. The van der Waals surface area contributed by atoms with Crippen LogP contribution in [0.15, 0.2) is 84.9 Å². The summed E-state index contributed by atoms with van der Waals surface area (Å²) in [7, 11) is 4.02. The van der Waals surface area contributed by atoms with Crippen molar-refractivity contribution in [2.75, 3.05) is 14.2 Å². The van der Waals surface area contributed by atoms with Crippen molar-refractivity contribution in [3.05, 3.63) is 102 Å². The van der Waals surface area contributed by atoms with E-state index in [-0.39, 0.29) is 18.0 Å². The molecular formula is C30H38NO2+. The molecule has 1 aliphatic rings. The van der Waals surface area contributed by atoms with Crippen LogP contribution in [0.2, 0.25) is 0 Å². The zero-order chi connectivity index (χ0) is 23.3. The zero-order valence-corrected chi connectivity index (χ0v) is 20.2. The van der Waals surface area contributed by atoms with Crippen LogP contribution in [0.5, 0.6) is 5.75 Å². The smallest absolute Gasteiger partial charge is 0.124 e. The number of rotatable bonds is 8. The van der Waals surface area contributed by atoms with Crippen LogP contribution in [0.3, 0.4) is 0 Å². The van der Waals surface area contributed by atoms with Gasteiger partial charge < -0.3 is 14.7 Å². The molecular weight excluding hydrogens is 406 g/mol. The Labute approximate surface area is 199 Å². The van der Waals surface area contributed by atoms with Gasteiger partial charge in [0.25, 0.3) is 0 Å². The summed E-state index contributed by atoms with van der Waals surface area (Å²) in [6.45, 7) is 2.24. The Morgan fingerprint density at radius 2 is 1.48 bits per heavy atom. The standard InChI is InChI=1S/C30H37NO2/c1-4-5-8-20-26-29(24-17-11-7-12-18-24)31(2)27(23-15-9-6-10-16-23)22-30(26,32)25-19-13-14-21-28(25)33-3/h6-7,9-19,21,26-27,29,32H,4-5,8,20,22H2,1-3H3/p+1/t26-,27-,29-,30-/m0/s1. The minimum Gasteiger partial charge on any atom is -0.496 e. The van der Waals surface area contributed by atoms with Crippen LogP contribution in [0.1, 0.15) is 67.8 Å². The van der Waals surface area contributed by atoms with E-state index in [1.165, 1.54) is 28.9 Å². The van der Waals surface area contributed by atoms with Gasteiger partial charge in [0, 0.05) is 29.0 Å². The Hall–Kier alpha value is -2.62. The molecule has 0 bridgehead atoms. The topological polar surface area (TPSA) is 33.9 Å². The number of likely N-dealkylation sites (tertiary alicyclic amines) is 1. The van der Waals surface area contributed by atoms with Crippen molar-refractivity contribution in [1.29, 1.82) is 0 Å². The van der Waals surface area contributed by atoms with Crippen molar-refractivity contribution in [2.24, 2.45) is 5.92 Å². The summed E-state index contributed by atoms with van der Waals surface area (Å²) in [5, 5.41) is 12.7. The monoisotopic (exact) mass is 444 g/mol. The number of para-hydroxylation sites is 1. The van der Waals surface area contributed by atoms with E-state index in [1.807, 2.05) is 18.2 Å². The number of piperidine rings is 1. The fourth-order valence-corrected chi connectivity index (χ4v) is 5.99. The van der Waals surface area contributed by atoms with Crippen molar-refractivity contribution < 1.29 is 14.7 Å². The quantitative estimate of drug-likeness (QED) is 0.451. The van der Waals surface area contributed by atoms with Crippen LogP contribution in [-0.4, -0.2) is 19.3 Å². The first-order valence-electron chi connectivity index (χ1n) is 12.4. The highest BCUT2D eigenvalue weighted by Crippen LogP contribution is 2.50. The number of unbranched alkanes of at least 4 members (excludes halogenated alkanes) is 2. The second-order valence-corrected chi connectivity index (χ2v) is 9.53. The van der Waals surface area contributed by atoms with E-state index in [1.54, 1.807) is 7.11 Å². The molecule has 0 saturated carbocycles. The summed E-state index contributed by atoms with van der Waals surface area (Å²) in [5.41, 5.74) is 2.51. The van der Waals surface area contributed by atoms with E-state index in [4.69, 9.17) is 4.74 Å². The number of ether oxygens (including phenoxy) is 1. The number of hydrogen-bond acceptors (Lipinski definition) is 2. The molecule has 3 heteroatoms. The molecule has 33 heavy (non-hydrogen) atoms. The van der Waals surface area contributed by atoms with Crippen molar-refractivity contribution >= 4 is 0 Å². The first-order chi connectivity index (χ1) is 16.1. The molecule has 3 aromatic carbocycles. The Morgan fingerprint density at radius 1 is 0.879 bits per heavy atom. The van der Waals surface area contributed by atoms with Crippen molar-refractivity contribution in [1.82, 2.24) is 0 Å². The lowest BCUT2D eigenvalue weighted by Crippen LogP contribution is -3.12. The maximum absolute atomic E-state index is 12.7. The minimum atomic E-state index is -0.985. The van der Waals surface area contributed by atoms with Gasteiger partial charge in [-0.2, -0.15) is 0 Å². The van der Waals surface area contributed by atoms with Crippen molar-refractivity contribution in [3.63, 3.8) is 0 Å². The summed E-state index contributed by atoms with van der Waals surface area (Å²) in [4.78, 5) is 1.45. The van der Waals surface area contributed by atoms with Crippen LogP contribution in [0, 0.1) is 5.92 Å². The Bertz CT molecular complexity index is 1010. The number of methoxy groups -OCH3 is 1. The van der Waals surface area contributed by atoms with Gasteiger partial charge in [-0.25, -0.2) is 0 Å². The molecule has 1 unspecified atom stereocenters. The highest BCUT2D eigenvalue weighted by Gasteiger charge is 2.55. The molecule has 0 aromatic heterocycles. The summed E-state index contributed by atoms with van der Waals surface area (Å²) < 4.78 is 5.78. The van der Waals surface area contributed by atoms with Gasteiger partial charge >= 0.3 is 0 Å². The van der Waals surface area contributed by atoms with Crippen LogP contribution >= 0.6 is 0 Å². The van der Waals surface area contributed by atoms with Gasteiger partial charge in [-0.3, -0.25) is 0 Å². The van der Waals surface area contributed by atoms with E-state index in [2.05, 4.69) is 80.7 Å². The lowest BCUT2D eigenvalue weighted by atomic mass is 9.65. The first-order valence-corrected chi connectivity index (χ1v) is 12.4. The van der Waals surface area contributed by atoms with E-state index in [9.17, 15) is 5.11 Å². The summed E-state index contributed by atoms with van der Waals surface area (Å²) >= 11 is 0. The number of aliphatic hydroxyl groups is 1. The Kier molecular flexibility index (Phi) is 7.52. The Balaban J connectivity index is 1.88. The zero-order valence-electron chi connectivity index (χ0n) is 20.2. The molecule has 1 fully saturated rings. The summed E-state index contributed by atoms with van der Waals surface area (Å²) in [6, 6.07) is 29.9. The number of quaternary nitrogens is 1. The third-order valence-electron chi connectivity index (χ3n) is 7.62. The molecule has 0 spiro atoms. The second-order valence-electron chi connectivity index (χ2n) is 9.53. The predicted octanol–water partition coefficient (Wildman–Crippen LogP) is 5.48.